The predicted octanol–water partition coefficient (Wildman–Crippen LogP) is 3.28. The van der Waals surface area contributed by atoms with Crippen LogP contribution in [0.15, 0.2) is 0 Å². The van der Waals surface area contributed by atoms with Crippen LogP contribution in [0.1, 0.15) is 27.2 Å². The highest BCUT2D eigenvalue weighted by atomic mass is 35.8. The van der Waals surface area contributed by atoms with E-state index in [0.29, 0.717) is 12.5 Å². The molecule has 0 atom stereocenters. The standard InChI is InChI=1S/C7H14O2.Al.3ClH/c1-6(2)4-5-9-7(3)8;;;;/h6H,4-5H2,1-3H3;;3*1H/q;+3;;;/p-3. The Morgan fingerprint density at radius 3 is 2.00 bits per heavy atom. The summed E-state index contributed by atoms with van der Waals surface area (Å²) < 4.78 is 4.71. The molecule has 0 N–H and O–H groups in total. The van der Waals surface area contributed by atoms with Crippen molar-refractivity contribution in [3.05, 3.63) is 0 Å². The molecule has 0 bridgehead atoms. The highest BCUT2D eigenvalue weighted by Gasteiger charge is 2.00. The first-order valence-corrected chi connectivity index (χ1v) is 9.15. The SMILES string of the molecule is CC(=O)OCCC(C)C.[Cl][Al]([Cl])[Cl]. The molecule has 0 aliphatic rings. The number of esters is 1. The normalized spacial score (nSPS) is 8.85. The molecule has 6 heteroatoms. The number of halogens is 3. The van der Waals surface area contributed by atoms with Gasteiger partial charge >= 0.3 is 17.4 Å². The molecular formula is C7H14AlCl3O2. The minimum atomic E-state index is -1.72. The quantitative estimate of drug-likeness (QED) is 0.577. The lowest BCUT2D eigenvalue weighted by Crippen LogP contribution is -2.02. The number of carbonyl (C=O) groups is 1. The molecule has 0 aliphatic carbocycles. The molecule has 0 aromatic rings. The lowest BCUT2D eigenvalue weighted by Gasteiger charge is -2.02. The number of hydrogen-bond acceptors (Lipinski definition) is 2. The van der Waals surface area contributed by atoms with Crippen molar-refractivity contribution in [2.75, 3.05) is 6.61 Å². The Morgan fingerprint density at radius 1 is 1.38 bits per heavy atom. The van der Waals surface area contributed by atoms with Crippen molar-refractivity contribution >= 4 is 47.5 Å². The molecule has 0 spiro atoms. The third-order valence-corrected chi connectivity index (χ3v) is 1.00. The van der Waals surface area contributed by atoms with Crippen LogP contribution >= 0.6 is 30.1 Å². The van der Waals surface area contributed by atoms with Crippen LogP contribution in [0.5, 0.6) is 0 Å². The van der Waals surface area contributed by atoms with Crippen molar-refractivity contribution in [2.24, 2.45) is 5.92 Å². The van der Waals surface area contributed by atoms with E-state index in [1.54, 1.807) is 0 Å². The molecule has 0 amide bonds. The smallest absolute Gasteiger partial charge is 0.466 e. The van der Waals surface area contributed by atoms with E-state index in [4.69, 9.17) is 34.9 Å². The summed E-state index contributed by atoms with van der Waals surface area (Å²) in [7, 11) is 14.8. The minimum Gasteiger partial charge on any atom is -0.466 e. The molecule has 0 aromatic carbocycles. The van der Waals surface area contributed by atoms with Gasteiger partial charge in [-0.1, -0.05) is 13.8 Å². The van der Waals surface area contributed by atoms with E-state index in [1.807, 2.05) is 0 Å². The minimum absolute atomic E-state index is 0.185. The van der Waals surface area contributed by atoms with Gasteiger partial charge < -0.3 is 4.74 Å². The molecular weight excluding hydrogens is 249 g/mol. The second kappa shape index (κ2) is 11.0. The zero-order chi connectivity index (χ0) is 10.9. The molecule has 13 heavy (non-hydrogen) atoms. The van der Waals surface area contributed by atoms with Crippen molar-refractivity contribution < 1.29 is 9.53 Å². The lowest BCUT2D eigenvalue weighted by molar-refractivity contribution is -0.141. The van der Waals surface area contributed by atoms with Gasteiger partial charge in [-0.2, -0.15) is 0 Å². The van der Waals surface area contributed by atoms with E-state index in [9.17, 15) is 4.79 Å². The second-order valence-corrected chi connectivity index (χ2v) is 9.20. The Kier molecular flexibility index (Phi) is 13.7. The molecule has 0 rings (SSSR count). The Morgan fingerprint density at radius 2 is 1.77 bits per heavy atom. The zero-order valence-corrected chi connectivity index (χ0v) is 11.4. The zero-order valence-electron chi connectivity index (χ0n) is 8.02. The summed E-state index contributed by atoms with van der Waals surface area (Å²) in [5, 5.41) is 0. The van der Waals surface area contributed by atoms with E-state index in [0.717, 1.165) is 6.42 Å². The molecule has 0 aromatic heterocycles. The van der Waals surface area contributed by atoms with E-state index in [1.165, 1.54) is 6.92 Å². The van der Waals surface area contributed by atoms with Crippen LogP contribution in [0, 0.1) is 5.92 Å². The summed E-state index contributed by atoms with van der Waals surface area (Å²) in [5.74, 6) is 0.431. The van der Waals surface area contributed by atoms with Crippen molar-refractivity contribution in [1.82, 2.24) is 0 Å². The first-order valence-electron chi connectivity index (χ1n) is 3.91. The van der Waals surface area contributed by atoms with Gasteiger partial charge in [0, 0.05) is 6.92 Å². The monoisotopic (exact) mass is 262 g/mol. The molecule has 0 heterocycles. The van der Waals surface area contributed by atoms with Crippen molar-refractivity contribution in [3.63, 3.8) is 0 Å². The fourth-order valence-electron chi connectivity index (χ4n) is 0.438. The van der Waals surface area contributed by atoms with Crippen LogP contribution in [0.2, 0.25) is 0 Å². The molecule has 0 saturated carbocycles. The Hall–Kier alpha value is 0.872. The van der Waals surface area contributed by atoms with Gasteiger partial charge in [0.25, 0.3) is 0 Å². The summed E-state index contributed by atoms with van der Waals surface area (Å²) in [6.07, 6.45) is 0.958. The van der Waals surface area contributed by atoms with Gasteiger partial charge in [-0.25, -0.2) is 30.1 Å². The van der Waals surface area contributed by atoms with Crippen LogP contribution < -0.4 is 0 Å². The van der Waals surface area contributed by atoms with E-state index >= 15 is 0 Å². The highest BCUT2D eigenvalue weighted by Crippen LogP contribution is 1.98. The first-order chi connectivity index (χ1) is 5.86. The van der Waals surface area contributed by atoms with Crippen molar-refractivity contribution in [3.8, 4) is 0 Å². The number of hydrogen-bond donors (Lipinski definition) is 0. The Bertz CT molecular complexity index is 128. The molecule has 0 fully saturated rings. The number of ether oxygens (including phenoxy) is 1. The second-order valence-electron chi connectivity index (χ2n) is 2.77. The average Bonchev–Trinajstić information content (AvgIpc) is 1.83. The Balaban J connectivity index is 0. The molecule has 0 unspecified atom stereocenters. The largest absolute Gasteiger partial charge is 0.643 e. The van der Waals surface area contributed by atoms with Crippen LogP contribution in [0.3, 0.4) is 0 Å². The Labute approximate surface area is 96.5 Å². The van der Waals surface area contributed by atoms with E-state index in [2.05, 4.69) is 13.8 Å². The maximum Gasteiger partial charge on any atom is 0.643 e. The predicted molar refractivity (Wildman–Crippen MR) is 59.4 cm³/mol. The van der Waals surface area contributed by atoms with Crippen molar-refractivity contribution in [2.45, 2.75) is 27.2 Å². The first kappa shape index (κ1) is 16.3. The molecule has 0 aliphatic heterocycles. The van der Waals surface area contributed by atoms with E-state index in [-0.39, 0.29) is 5.97 Å². The van der Waals surface area contributed by atoms with Gasteiger partial charge in [-0.05, 0) is 12.3 Å². The van der Waals surface area contributed by atoms with Crippen LogP contribution in [-0.4, -0.2) is 24.0 Å². The van der Waals surface area contributed by atoms with Gasteiger partial charge in [0.2, 0.25) is 0 Å². The summed E-state index contributed by atoms with van der Waals surface area (Å²) in [5.41, 5.74) is 0. The molecule has 2 nitrogen and oxygen atoms in total. The summed E-state index contributed by atoms with van der Waals surface area (Å²) in [6.45, 7) is 6.19. The topological polar surface area (TPSA) is 26.3 Å². The average molecular weight is 264 g/mol. The maximum atomic E-state index is 10.2. The fourth-order valence-corrected chi connectivity index (χ4v) is 0.438. The third-order valence-electron chi connectivity index (χ3n) is 1.00. The number of rotatable bonds is 3. The summed E-state index contributed by atoms with van der Waals surface area (Å²) in [6, 6.07) is 0. The highest BCUT2D eigenvalue weighted by molar-refractivity contribution is 7.54. The molecule has 78 valence electrons. The van der Waals surface area contributed by atoms with Crippen LogP contribution in [0.4, 0.5) is 0 Å². The third kappa shape index (κ3) is 32.2. The van der Waals surface area contributed by atoms with Gasteiger partial charge in [0.15, 0.2) is 0 Å². The molecule has 0 radical (unpaired) electrons. The van der Waals surface area contributed by atoms with E-state index < -0.39 is 11.4 Å². The maximum absolute atomic E-state index is 10.2. The summed E-state index contributed by atoms with van der Waals surface area (Å²) in [4.78, 5) is 10.2. The lowest BCUT2D eigenvalue weighted by atomic mass is 10.1. The molecule has 0 saturated heterocycles. The van der Waals surface area contributed by atoms with Gasteiger partial charge in [0.05, 0.1) is 6.61 Å². The van der Waals surface area contributed by atoms with Crippen LogP contribution in [0.25, 0.3) is 0 Å². The summed E-state index contributed by atoms with van der Waals surface area (Å²) >= 11 is -1.72. The van der Waals surface area contributed by atoms with Crippen molar-refractivity contribution in [1.29, 1.82) is 0 Å². The van der Waals surface area contributed by atoms with Crippen LogP contribution in [-0.2, 0) is 9.53 Å². The van der Waals surface area contributed by atoms with Gasteiger partial charge in [0.1, 0.15) is 0 Å². The van der Waals surface area contributed by atoms with Gasteiger partial charge in [-0.3, -0.25) is 4.79 Å². The number of carbonyl (C=O) groups excluding carboxylic acids is 1. The van der Waals surface area contributed by atoms with Gasteiger partial charge in [-0.15, -0.1) is 0 Å². The fraction of sp³-hybridized carbons (Fsp3) is 0.857.